The SMILES string of the molecule is CCO[Si](COC(=O)c1c2ccccc2cc2ccccc12)(OCC)OCC. The van der Waals surface area contributed by atoms with Crippen LogP contribution in [0.4, 0.5) is 0 Å². The van der Waals surface area contributed by atoms with Crippen LogP contribution in [0.5, 0.6) is 0 Å². The van der Waals surface area contributed by atoms with Crippen LogP contribution >= 0.6 is 0 Å². The van der Waals surface area contributed by atoms with Gasteiger partial charge >= 0.3 is 14.8 Å². The van der Waals surface area contributed by atoms with Gasteiger partial charge < -0.3 is 18.0 Å². The molecule has 0 saturated carbocycles. The van der Waals surface area contributed by atoms with E-state index in [9.17, 15) is 4.79 Å². The Balaban J connectivity index is 1.98. The van der Waals surface area contributed by atoms with Crippen LogP contribution in [0.3, 0.4) is 0 Å². The van der Waals surface area contributed by atoms with Crippen LogP contribution in [0.15, 0.2) is 54.6 Å². The van der Waals surface area contributed by atoms with Crippen molar-refractivity contribution in [3.63, 3.8) is 0 Å². The molecule has 5 nitrogen and oxygen atoms in total. The normalized spacial score (nSPS) is 11.8. The number of hydrogen-bond donors (Lipinski definition) is 0. The van der Waals surface area contributed by atoms with E-state index in [0.29, 0.717) is 25.4 Å². The molecule has 0 aliphatic rings. The molecule has 6 heteroatoms. The summed E-state index contributed by atoms with van der Waals surface area (Å²) in [5.74, 6) is -0.399. The summed E-state index contributed by atoms with van der Waals surface area (Å²) in [7, 11) is -3.07. The number of hydrogen-bond acceptors (Lipinski definition) is 5. The van der Waals surface area contributed by atoms with Gasteiger partial charge in [-0.05, 0) is 48.4 Å². The van der Waals surface area contributed by atoms with E-state index < -0.39 is 14.8 Å². The maximum atomic E-state index is 13.2. The zero-order valence-electron chi connectivity index (χ0n) is 16.6. The summed E-state index contributed by atoms with van der Waals surface area (Å²) in [6.45, 7) is 6.92. The van der Waals surface area contributed by atoms with Gasteiger partial charge in [0, 0.05) is 19.8 Å². The fourth-order valence-corrected chi connectivity index (χ4v) is 5.50. The maximum absolute atomic E-state index is 13.2. The Bertz CT molecular complexity index is 885. The second-order valence-electron chi connectivity index (χ2n) is 6.25. The average Bonchev–Trinajstić information content (AvgIpc) is 2.71. The fourth-order valence-electron chi connectivity index (χ4n) is 3.37. The summed E-state index contributed by atoms with van der Waals surface area (Å²) in [5.41, 5.74) is 0.557. The molecule has 28 heavy (non-hydrogen) atoms. The molecule has 0 aliphatic carbocycles. The number of esters is 1. The molecular weight excluding hydrogens is 372 g/mol. The highest BCUT2D eigenvalue weighted by atomic mass is 28.4. The van der Waals surface area contributed by atoms with E-state index in [0.717, 1.165) is 21.5 Å². The average molecular weight is 399 g/mol. The minimum Gasteiger partial charge on any atom is -0.457 e. The molecule has 0 N–H and O–H groups in total. The Morgan fingerprint density at radius 1 is 0.786 bits per heavy atom. The number of fused-ring (bicyclic) bond motifs is 2. The highest BCUT2D eigenvalue weighted by molar-refractivity contribution is 6.60. The highest BCUT2D eigenvalue weighted by Gasteiger charge is 2.43. The molecule has 0 aliphatic heterocycles. The van der Waals surface area contributed by atoms with E-state index >= 15 is 0 Å². The Kier molecular flexibility index (Phi) is 6.80. The predicted octanol–water partition coefficient (Wildman–Crippen LogP) is 4.74. The molecule has 0 aromatic heterocycles. The van der Waals surface area contributed by atoms with Gasteiger partial charge in [0.15, 0.2) is 6.23 Å². The number of carbonyl (C=O) groups excluding carboxylic acids is 1. The van der Waals surface area contributed by atoms with Gasteiger partial charge in [-0.1, -0.05) is 48.5 Å². The Morgan fingerprint density at radius 3 is 1.71 bits per heavy atom. The zero-order chi connectivity index (χ0) is 20.0. The molecule has 0 bridgehead atoms. The zero-order valence-corrected chi connectivity index (χ0v) is 17.6. The number of rotatable bonds is 9. The molecule has 3 rings (SSSR count). The van der Waals surface area contributed by atoms with Crippen molar-refractivity contribution in [3.8, 4) is 0 Å². The van der Waals surface area contributed by atoms with E-state index in [1.54, 1.807) is 0 Å². The monoisotopic (exact) mass is 398 g/mol. The molecular formula is C22H26O5Si. The van der Waals surface area contributed by atoms with Crippen LogP contribution in [-0.4, -0.2) is 40.8 Å². The maximum Gasteiger partial charge on any atom is 0.540 e. The first-order chi connectivity index (χ1) is 13.6. The lowest BCUT2D eigenvalue weighted by Gasteiger charge is -2.27. The molecule has 0 fully saturated rings. The lowest BCUT2D eigenvalue weighted by Crippen LogP contribution is -2.51. The van der Waals surface area contributed by atoms with Crippen molar-refractivity contribution in [1.29, 1.82) is 0 Å². The van der Waals surface area contributed by atoms with Gasteiger partial charge in [-0.25, -0.2) is 4.79 Å². The molecule has 0 amide bonds. The van der Waals surface area contributed by atoms with Crippen LogP contribution in [-0.2, 0) is 18.0 Å². The van der Waals surface area contributed by atoms with Crippen molar-refractivity contribution in [2.75, 3.05) is 26.1 Å². The summed E-state index contributed by atoms with van der Waals surface area (Å²) in [4.78, 5) is 13.2. The molecule has 0 unspecified atom stereocenters. The Labute approximate surface area is 166 Å². The van der Waals surface area contributed by atoms with Crippen LogP contribution in [0, 0.1) is 0 Å². The van der Waals surface area contributed by atoms with Gasteiger partial charge in [0.05, 0.1) is 5.56 Å². The minimum atomic E-state index is -3.07. The standard InChI is InChI=1S/C22H26O5Si/c1-4-25-28(26-5-2,27-6-3)16-24-22(23)21-19-13-9-7-11-17(19)15-18-12-8-10-14-20(18)21/h7-15H,4-6,16H2,1-3H3. The van der Waals surface area contributed by atoms with Gasteiger partial charge in [-0.15, -0.1) is 0 Å². The number of benzene rings is 3. The first-order valence-corrected chi connectivity index (χ1v) is 11.6. The summed E-state index contributed by atoms with van der Waals surface area (Å²) in [6.07, 6.45) is -0.0150. The lowest BCUT2D eigenvalue weighted by molar-refractivity contribution is 0.0250. The van der Waals surface area contributed by atoms with Crippen LogP contribution in [0.2, 0.25) is 0 Å². The van der Waals surface area contributed by atoms with E-state index in [4.69, 9.17) is 18.0 Å². The molecule has 0 radical (unpaired) electrons. The van der Waals surface area contributed by atoms with Gasteiger partial charge in [0.25, 0.3) is 0 Å². The van der Waals surface area contributed by atoms with Crippen molar-refractivity contribution in [1.82, 2.24) is 0 Å². The molecule has 3 aromatic rings. The third kappa shape index (κ3) is 4.25. The van der Waals surface area contributed by atoms with Gasteiger partial charge in [0.1, 0.15) is 0 Å². The summed E-state index contributed by atoms with van der Waals surface area (Å²) in [5, 5.41) is 3.72. The second-order valence-corrected chi connectivity index (χ2v) is 8.77. The van der Waals surface area contributed by atoms with Crippen molar-refractivity contribution < 1.29 is 22.8 Å². The number of ether oxygens (including phenoxy) is 1. The summed E-state index contributed by atoms with van der Waals surface area (Å²) in [6, 6.07) is 17.7. The summed E-state index contributed by atoms with van der Waals surface area (Å²) < 4.78 is 23.1. The van der Waals surface area contributed by atoms with Gasteiger partial charge in [-0.2, -0.15) is 0 Å². The van der Waals surface area contributed by atoms with Crippen LogP contribution in [0.25, 0.3) is 21.5 Å². The lowest BCUT2D eigenvalue weighted by atomic mass is 9.97. The van der Waals surface area contributed by atoms with Crippen LogP contribution < -0.4 is 0 Å². The van der Waals surface area contributed by atoms with Gasteiger partial charge in [-0.3, -0.25) is 0 Å². The second kappa shape index (κ2) is 9.30. The van der Waals surface area contributed by atoms with E-state index in [1.807, 2.05) is 69.3 Å². The third-order valence-electron chi connectivity index (χ3n) is 4.45. The largest absolute Gasteiger partial charge is 0.540 e. The quantitative estimate of drug-likeness (QED) is 0.296. The molecule has 3 aromatic carbocycles. The highest BCUT2D eigenvalue weighted by Crippen LogP contribution is 2.29. The predicted molar refractivity (Wildman–Crippen MR) is 112 cm³/mol. The van der Waals surface area contributed by atoms with Crippen LogP contribution in [0.1, 0.15) is 31.1 Å². The van der Waals surface area contributed by atoms with E-state index in [1.165, 1.54) is 0 Å². The van der Waals surface area contributed by atoms with Gasteiger partial charge in [0.2, 0.25) is 0 Å². The van der Waals surface area contributed by atoms with E-state index in [-0.39, 0.29) is 6.23 Å². The first kappa shape index (κ1) is 20.5. The van der Waals surface area contributed by atoms with Crippen molar-refractivity contribution in [2.45, 2.75) is 20.8 Å². The Hall–Kier alpha value is -2.25. The van der Waals surface area contributed by atoms with Crippen molar-refractivity contribution >= 4 is 36.3 Å². The van der Waals surface area contributed by atoms with Crippen molar-refractivity contribution in [2.24, 2.45) is 0 Å². The molecule has 0 saturated heterocycles. The third-order valence-corrected chi connectivity index (χ3v) is 7.13. The molecule has 148 valence electrons. The smallest absolute Gasteiger partial charge is 0.457 e. The fraction of sp³-hybridized carbons (Fsp3) is 0.318. The molecule has 0 atom stereocenters. The number of carbonyl (C=O) groups is 1. The Morgan fingerprint density at radius 2 is 1.25 bits per heavy atom. The topological polar surface area (TPSA) is 54.0 Å². The van der Waals surface area contributed by atoms with E-state index in [2.05, 4.69) is 6.07 Å². The minimum absolute atomic E-state index is 0.0150. The molecule has 0 heterocycles. The summed E-state index contributed by atoms with van der Waals surface area (Å²) >= 11 is 0. The van der Waals surface area contributed by atoms with Crippen molar-refractivity contribution in [3.05, 3.63) is 60.2 Å². The molecule has 0 spiro atoms. The first-order valence-electron chi connectivity index (χ1n) is 9.63.